The molecule has 1 rings (SSSR count). The van der Waals surface area contributed by atoms with Crippen LogP contribution in [0, 0.1) is 20.2 Å². The Morgan fingerprint density at radius 2 is 1.72 bits per heavy atom. The van der Waals surface area contributed by atoms with Crippen LogP contribution in [0.5, 0.6) is 5.75 Å². The highest BCUT2D eigenvalue weighted by Gasteiger charge is 2.21. The summed E-state index contributed by atoms with van der Waals surface area (Å²) in [7, 11) is 0. The van der Waals surface area contributed by atoms with Crippen molar-refractivity contribution < 1.29 is 19.4 Å². The van der Waals surface area contributed by atoms with Crippen molar-refractivity contribution in [3.8, 4) is 5.75 Å². The largest absolute Gasteiger partial charge is 0.419 e. The number of rotatable bonds is 3. The van der Waals surface area contributed by atoms with Gasteiger partial charge in [-0.2, -0.15) is 0 Å². The van der Waals surface area contributed by atoms with Gasteiger partial charge in [0.05, 0.1) is 15.9 Å². The summed E-state index contributed by atoms with van der Waals surface area (Å²) in [4.78, 5) is 30.0. The van der Waals surface area contributed by atoms with Crippen LogP contribution in [-0.4, -0.2) is 15.8 Å². The first-order chi connectivity index (χ1) is 8.41. The molecule has 0 amide bonds. The Labute approximate surface area is 102 Å². The minimum absolute atomic E-state index is 0.317. The number of carbonyl (C=O) groups excluding carboxylic acids is 1. The van der Waals surface area contributed by atoms with E-state index in [4.69, 9.17) is 0 Å². The molecule has 8 heteroatoms. The van der Waals surface area contributed by atoms with Crippen molar-refractivity contribution in [3.63, 3.8) is 0 Å². The van der Waals surface area contributed by atoms with E-state index in [-0.39, 0.29) is 5.75 Å². The average Bonchev–Trinajstić information content (AvgIpc) is 2.30. The summed E-state index contributed by atoms with van der Waals surface area (Å²) in [5.41, 5.74) is -1.06. The Morgan fingerprint density at radius 3 is 2.11 bits per heavy atom. The van der Waals surface area contributed by atoms with E-state index in [1.807, 2.05) is 13.8 Å². The van der Waals surface area contributed by atoms with Gasteiger partial charge in [-0.15, -0.1) is 0 Å². The molecule has 0 saturated carbocycles. The van der Waals surface area contributed by atoms with E-state index in [2.05, 4.69) is 4.74 Å². The number of hydrogen-bond donors (Lipinski definition) is 0. The molecule has 98 valence electrons. The van der Waals surface area contributed by atoms with Gasteiger partial charge in [0, 0.05) is 13.0 Å². The highest BCUT2D eigenvalue weighted by Crippen LogP contribution is 2.30. The van der Waals surface area contributed by atoms with Crippen LogP contribution in [0.2, 0.25) is 0 Å². The number of esters is 1. The van der Waals surface area contributed by atoms with Crippen molar-refractivity contribution in [1.29, 1.82) is 0 Å². The summed E-state index contributed by atoms with van der Waals surface area (Å²) < 4.78 is 4.54. The molecule has 0 fully saturated rings. The quantitative estimate of drug-likeness (QED) is 0.355. The predicted molar refractivity (Wildman–Crippen MR) is 62.4 cm³/mol. The van der Waals surface area contributed by atoms with Crippen LogP contribution in [0.3, 0.4) is 0 Å². The summed E-state index contributed by atoms with van der Waals surface area (Å²) in [6, 6.07) is 2.77. The molecule has 0 atom stereocenters. The van der Waals surface area contributed by atoms with Gasteiger partial charge in [-0.1, -0.05) is 13.8 Å². The fourth-order valence-corrected chi connectivity index (χ4v) is 1.00. The molecule has 0 aliphatic heterocycles. The molecule has 1 aromatic rings. The molecule has 0 saturated heterocycles. The lowest BCUT2D eigenvalue weighted by Crippen LogP contribution is -2.04. The van der Waals surface area contributed by atoms with Gasteiger partial charge < -0.3 is 4.74 Å². The monoisotopic (exact) mass is 256 g/mol. The van der Waals surface area contributed by atoms with Gasteiger partial charge in [0.15, 0.2) is 0 Å². The Hall–Kier alpha value is -2.51. The summed E-state index contributed by atoms with van der Waals surface area (Å²) in [6.07, 6.45) is 0. The summed E-state index contributed by atoms with van der Waals surface area (Å²) in [6.45, 7) is 5.07. The molecule has 0 unspecified atom stereocenters. The Bertz CT molecular complexity index is 471. The number of nitro groups is 2. The lowest BCUT2D eigenvalue weighted by atomic mass is 10.2. The van der Waals surface area contributed by atoms with Gasteiger partial charge in [-0.3, -0.25) is 25.0 Å². The van der Waals surface area contributed by atoms with E-state index >= 15 is 0 Å². The van der Waals surface area contributed by atoms with Crippen molar-refractivity contribution in [2.24, 2.45) is 0 Å². The number of nitrogens with zero attached hydrogens (tertiary/aromatic N) is 2. The number of ether oxygens (including phenoxy) is 1. The fourth-order valence-electron chi connectivity index (χ4n) is 1.00. The summed E-state index contributed by atoms with van der Waals surface area (Å²) >= 11 is 0. The second kappa shape index (κ2) is 6.94. The minimum atomic E-state index is -0.856. The number of hydrogen-bond acceptors (Lipinski definition) is 6. The molecule has 0 bridgehead atoms. The molecule has 0 aliphatic rings. The van der Waals surface area contributed by atoms with Crippen LogP contribution in [0.15, 0.2) is 18.2 Å². The number of benzene rings is 1. The van der Waals surface area contributed by atoms with Gasteiger partial charge in [-0.05, 0) is 6.07 Å². The zero-order chi connectivity index (χ0) is 14.3. The van der Waals surface area contributed by atoms with E-state index in [9.17, 15) is 25.0 Å². The molecule has 1 aromatic carbocycles. The molecule has 0 heterocycles. The second-order valence-electron chi connectivity index (χ2n) is 2.76. The number of nitro benzene ring substituents is 2. The normalized spacial score (nSPS) is 8.83. The van der Waals surface area contributed by atoms with Crippen LogP contribution in [0.4, 0.5) is 11.4 Å². The maximum Gasteiger partial charge on any atom is 0.318 e. The first-order valence-corrected chi connectivity index (χ1v) is 5.03. The zero-order valence-corrected chi connectivity index (χ0v) is 10.1. The SMILES string of the molecule is CC.CC(=O)Oc1ccc([N+](=O)[O-])cc1[N+](=O)[O-]. The van der Waals surface area contributed by atoms with Crippen molar-refractivity contribution in [2.75, 3.05) is 0 Å². The summed E-state index contributed by atoms with van der Waals surface area (Å²) in [5.74, 6) is -1.06. The minimum Gasteiger partial charge on any atom is -0.419 e. The maximum absolute atomic E-state index is 10.6. The van der Waals surface area contributed by atoms with Gasteiger partial charge in [0.25, 0.3) is 5.69 Å². The smallest absolute Gasteiger partial charge is 0.318 e. The molecular weight excluding hydrogens is 244 g/mol. The van der Waals surface area contributed by atoms with Crippen molar-refractivity contribution >= 4 is 17.3 Å². The molecule has 0 aliphatic carbocycles. The van der Waals surface area contributed by atoms with Crippen molar-refractivity contribution in [1.82, 2.24) is 0 Å². The fraction of sp³-hybridized carbons (Fsp3) is 0.300. The molecule has 0 aromatic heterocycles. The van der Waals surface area contributed by atoms with Crippen LogP contribution < -0.4 is 4.74 Å². The molecule has 8 nitrogen and oxygen atoms in total. The summed E-state index contributed by atoms with van der Waals surface area (Å²) in [5, 5.41) is 21.0. The highest BCUT2D eigenvalue weighted by molar-refractivity contribution is 5.71. The molecule has 0 N–H and O–H groups in total. The Balaban J connectivity index is 0.00000137. The maximum atomic E-state index is 10.6. The third kappa shape index (κ3) is 4.16. The first-order valence-electron chi connectivity index (χ1n) is 5.03. The van der Waals surface area contributed by atoms with Crippen molar-refractivity contribution in [2.45, 2.75) is 20.8 Å². The lowest BCUT2D eigenvalue weighted by molar-refractivity contribution is -0.394. The van der Waals surface area contributed by atoms with Gasteiger partial charge in [-0.25, -0.2) is 0 Å². The standard InChI is InChI=1S/C8H6N2O6.C2H6/c1-5(11)16-8-3-2-6(9(12)13)4-7(8)10(14)15;1-2/h2-4H,1H3;1-2H3. The number of carbonyl (C=O) groups is 1. The van der Waals surface area contributed by atoms with E-state index < -0.39 is 27.2 Å². The van der Waals surface area contributed by atoms with Gasteiger partial charge in [0.2, 0.25) is 5.75 Å². The molecular formula is C10H12N2O6. The Morgan fingerprint density at radius 1 is 1.17 bits per heavy atom. The van der Waals surface area contributed by atoms with E-state index in [0.717, 1.165) is 25.1 Å². The van der Waals surface area contributed by atoms with Crippen LogP contribution in [0.1, 0.15) is 20.8 Å². The topological polar surface area (TPSA) is 113 Å². The highest BCUT2D eigenvalue weighted by atomic mass is 16.6. The third-order valence-electron chi connectivity index (χ3n) is 1.60. The third-order valence-corrected chi connectivity index (χ3v) is 1.60. The second-order valence-corrected chi connectivity index (χ2v) is 2.76. The van der Waals surface area contributed by atoms with Crippen molar-refractivity contribution in [3.05, 3.63) is 38.4 Å². The number of non-ortho nitro benzene ring substituents is 1. The van der Waals surface area contributed by atoms with E-state index in [1.54, 1.807) is 0 Å². The van der Waals surface area contributed by atoms with Gasteiger partial charge >= 0.3 is 11.7 Å². The van der Waals surface area contributed by atoms with Crippen LogP contribution in [-0.2, 0) is 4.79 Å². The van der Waals surface area contributed by atoms with Crippen LogP contribution in [0.25, 0.3) is 0 Å². The average molecular weight is 256 g/mol. The predicted octanol–water partition coefficient (Wildman–Crippen LogP) is 2.45. The molecule has 0 spiro atoms. The van der Waals surface area contributed by atoms with E-state index in [1.165, 1.54) is 0 Å². The lowest BCUT2D eigenvalue weighted by Gasteiger charge is -2.01. The zero-order valence-electron chi connectivity index (χ0n) is 10.1. The molecule has 18 heavy (non-hydrogen) atoms. The van der Waals surface area contributed by atoms with E-state index in [0.29, 0.717) is 0 Å². The Kier molecular flexibility index (Phi) is 5.97. The molecule has 0 radical (unpaired) electrons. The van der Waals surface area contributed by atoms with Gasteiger partial charge in [0.1, 0.15) is 0 Å². The first kappa shape index (κ1) is 15.5. The van der Waals surface area contributed by atoms with Crippen LogP contribution >= 0.6 is 0 Å².